The van der Waals surface area contributed by atoms with Gasteiger partial charge in [0.05, 0.1) is 0 Å². The lowest BCUT2D eigenvalue weighted by Crippen LogP contribution is -2.34. The van der Waals surface area contributed by atoms with Crippen molar-refractivity contribution in [3.8, 4) is 0 Å². The average Bonchev–Trinajstić information content (AvgIpc) is 2.82. The Hall–Kier alpha value is 0. The number of hydrogen-bond acceptors (Lipinski definition) is 0. The van der Waals surface area contributed by atoms with Crippen molar-refractivity contribution in [2.45, 2.75) is 65.7 Å². The van der Waals surface area contributed by atoms with Crippen LogP contribution in [0.3, 0.4) is 0 Å². The minimum absolute atomic E-state index is 0.839. The molecule has 1 unspecified atom stereocenters. The summed E-state index contributed by atoms with van der Waals surface area (Å²) in [6.45, 7) is 7.32. The monoisotopic (exact) mass is 257 g/mol. The normalized spacial score (nSPS) is 38.8. The molecule has 3 rings (SSSR count). The molecule has 0 spiro atoms. The van der Waals surface area contributed by atoms with Crippen LogP contribution in [-0.2, 0) is 0 Å². The van der Waals surface area contributed by atoms with E-state index in [0.29, 0.717) is 0 Å². The van der Waals surface area contributed by atoms with E-state index in [9.17, 15) is 0 Å². The Bertz CT molecular complexity index is 292. The number of fused-ring (bicyclic) bond motifs is 1. The van der Waals surface area contributed by atoms with Gasteiger partial charge >= 0.3 is 0 Å². The van der Waals surface area contributed by atoms with Gasteiger partial charge in [-0.3, -0.25) is 0 Å². The van der Waals surface area contributed by atoms with Crippen molar-refractivity contribution in [1.29, 1.82) is 0 Å². The smallest absolute Gasteiger partial charge is 0.00965 e. The molecule has 5 radical (unpaired) electrons. The first-order chi connectivity index (χ1) is 9.16. The fraction of sp³-hybridized carbons (Fsp3) is 0.737. The second kappa shape index (κ2) is 5.78. The summed E-state index contributed by atoms with van der Waals surface area (Å²) in [5, 5.41) is 0. The summed E-state index contributed by atoms with van der Waals surface area (Å²) in [4.78, 5) is 0. The van der Waals surface area contributed by atoms with Crippen LogP contribution in [0, 0.1) is 54.3 Å². The van der Waals surface area contributed by atoms with Crippen molar-refractivity contribution in [2.75, 3.05) is 0 Å². The molecule has 0 N–H and O–H groups in total. The van der Waals surface area contributed by atoms with Crippen LogP contribution >= 0.6 is 0 Å². The number of rotatable bonds is 2. The molecule has 0 aromatic heterocycles. The predicted octanol–water partition coefficient (Wildman–Crippen LogP) is 5.41. The summed E-state index contributed by atoms with van der Waals surface area (Å²) in [6.07, 6.45) is 14.8. The van der Waals surface area contributed by atoms with E-state index in [1.807, 2.05) is 0 Å². The lowest BCUT2D eigenvalue weighted by atomic mass is 9.62. The zero-order valence-corrected chi connectivity index (χ0v) is 12.9. The van der Waals surface area contributed by atoms with Crippen LogP contribution in [0.15, 0.2) is 0 Å². The van der Waals surface area contributed by atoms with Crippen LogP contribution in [0.1, 0.15) is 65.7 Å². The molecule has 0 aromatic carbocycles. The van der Waals surface area contributed by atoms with E-state index < -0.39 is 0 Å². The minimum atomic E-state index is 0.839. The summed E-state index contributed by atoms with van der Waals surface area (Å²) in [7, 11) is 0. The molecule has 3 saturated carbocycles. The highest BCUT2D eigenvalue weighted by Crippen LogP contribution is 2.56. The highest BCUT2D eigenvalue weighted by atomic mass is 14.5. The Labute approximate surface area is 120 Å². The van der Waals surface area contributed by atoms with Gasteiger partial charge in [-0.15, -0.1) is 0 Å². The molecule has 0 amide bonds. The molecule has 0 aliphatic heterocycles. The van der Waals surface area contributed by atoms with Gasteiger partial charge in [-0.1, -0.05) is 40.0 Å². The van der Waals surface area contributed by atoms with Crippen LogP contribution in [0.25, 0.3) is 0 Å². The third-order valence-electron chi connectivity index (χ3n) is 5.74. The molecule has 3 fully saturated rings. The first-order valence-electron chi connectivity index (χ1n) is 8.44. The maximum absolute atomic E-state index is 2.49. The van der Waals surface area contributed by atoms with Gasteiger partial charge in [-0.25, -0.2) is 0 Å². The Kier molecular flexibility index (Phi) is 4.25. The van der Waals surface area contributed by atoms with Crippen molar-refractivity contribution >= 4 is 0 Å². The first-order valence-corrected chi connectivity index (χ1v) is 8.44. The maximum Gasteiger partial charge on any atom is -0.00965 e. The van der Waals surface area contributed by atoms with Gasteiger partial charge in [0.15, 0.2) is 0 Å². The molecule has 0 saturated heterocycles. The Morgan fingerprint density at radius 1 is 1.05 bits per heavy atom. The van der Waals surface area contributed by atoms with Crippen LogP contribution < -0.4 is 0 Å². The molecule has 19 heavy (non-hydrogen) atoms. The summed E-state index contributed by atoms with van der Waals surface area (Å²) < 4.78 is 0. The zero-order valence-electron chi connectivity index (χ0n) is 12.9. The Morgan fingerprint density at radius 2 is 1.84 bits per heavy atom. The van der Waals surface area contributed by atoms with E-state index in [0.717, 1.165) is 23.7 Å². The highest BCUT2D eigenvalue weighted by Gasteiger charge is 2.46. The molecule has 0 nitrogen and oxygen atoms in total. The van der Waals surface area contributed by atoms with Gasteiger partial charge in [0.25, 0.3) is 0 Å². The predicted molar refractivity (Wildman–Crippen MR) is 81.6 cm³/mol. The van der Waals surface area contributed by atoms with Gasteiger partial charge in [0, 0.05) is 0 Å². The molecular formula is C19H29. The molecule has 3 aliphatic carbocycles. The molecule has 0 heterocycles. The van der Waals surface area contributed by atoms with E-state index in [1.165, 1.54) is 44.9 Å². The van der Waals surface area contributed by atoms with Crippen molar-refractivity contribution in [3.63, 3.8) is 0 Å². The third-order valence-corrected chi connectivity index (χ3v) is 5.74. The standard InChI is InChI=1S/C19H29/c1-13(2)16-10-8-14(3)12-19(16)18-11-9-15-6-4-5-7-17(15)18/h9,11,13-14,16,19H,4-8,10,12H2,1-3H3/t14-,16+,19?/m1/s1. The van der Waals surface area contributed by atoms with E-state index in [4.69, 9.17) is 0 Å². The molecule has 0 heteroatoms. The van der Waals surface area contributed by atoms with Crippen LogP contribution in [0.5, 0.6) is 0 Å². The minimum Gasteiger partial charge on any atom is -0.0625 e. The van der Waals surface area contributed by atoms with E-state index in [-0.39, 0.29) is 0 Å². The van der Waals surface area contributed by atoms with Gasteiger partial charge < -0.3 is 0 Å². The van der Waals surface area contributed by atoms with Crippen LogP contribution in [0.2, 0.25) is 0 Å². The zero-order chi connectivity index (χ0) is 13.4. The highest BCUT2D eigenvalue weighted by molar-refractivity contribution is 5.52. The molecule has 3 aliphatic rings. The Morgan fingerprint density at radius 3 is 2.63 bits per heavy atom. The second-order valence-electron chi connectivity index (χ2n) is 7.43. The third kappa shape index (κ3) is 2.74. The van der Waals surface area contributed by atoms with E-state index in [2.05, 4.69) is 33.6 Å². The number of hydrogen-bond donors (Lipinski definition) is 0. The van der Waals surface area contributed by atoms with Gasteiger partial charge in [-0.05, 0) is 80.0 Å². The maximum atomic E-state index is 2.49. The topological polar surface area (TPSA) is 0 Å². The average molecular weight is 257 g/mol. The van der Waals surface area contributed by atoms with Gasteiger partial charge in [0.1, 0.15) is 0 Å². The van der Waals surface area contributed by atoms with Crippen molar-refractivity contribution < 1.29 is 0 Å². The lowest BCUT2D eigenvalue weighted by molar-refractivity contribution is 0.156. The fourth-order valence-electron chi connectivity index (χ4n) is 4.64. The summed E-state index contributed by atoms with van der Waals surface area (Å²) in [5.41, 5.74) is 0. The molecule has 3 atom stereocenters. The van der Waals surface area contributed by atoms with Gasteiger partial charge in [-0.2, -0.15) is 0 Å². The molecule has 0 bridgehead atoms. The lowest BCUT2D eigenvalue weighted by Gasteiger charge is -2.43. The van der Waals surface area contributed by atoms with Crippen LogP contribution in [0.4, 0.5) is 0 Å². The first kappa shape index (κ1) is 14.0. The quantitative estimate of drug-likeness (QED) is 0.620. The van der Waals surface area contributed by atoms with Crippen molar-refractivity contribution in [1.82, 2.24) is 0 Å². The summed E-state index contributed by atoms with van der Waals surface area (Å²) in [6, 6.07) is 0. The molecule has 0 aromatic rings. The van der Waals surface area contributed by atoms with Crippen molar-refractivity contribution in [3.05, 3.63) is 30.6 Å². The van der Waals surface area contributed by atoms with Crippen LogP contribution in [-0.4, -0.2) is 0 Å². The van der Waals surface area contributed by atoms with Crippen molar-refractivity contribution in [2.24, 2.45) is 23.7 Å². The van der Waals surface area contributed by atoms with E-state index >= 15 is 0 Å². The summed E-state index contributed by atoms with van der Waals surface area (Å²) >= 11 is 0. The van der Waals surface area contributed by atoms with Gasteiger partial charge in [0.2, 0.25) is 0 Å². The SMILES string of the molecule is CC(C)[C@@H]1CC[C@@H](C)CC1[C]1[CH][CH][C]2CCCC[C]21. The Balaban J connectivity index is 1.74. The molecule has 105 valence electrons. The largest absolute Gasteiger partial charge is 0.0625 e. The molecular weight excluding hydrogens is 228 g/mol. The second-order valence-corrected chi connectivity index (χ2v) is 7.43. The fourth-order valence-corrected chi connectivity index (χ4v) is 4.64. The van der Waals surface area contributed by atoms with E-state index in [1.54, 1.807) is 17.8 Å². The summed E-state index contributed by atoms with van der Waals surface area (Å²) in [5.74, 6) is 8.73.